The first-order valence-electron chi connectivity index (χ1n) is 16.3. The minimum Gasteiger partial charge on any atom is -0.341 e. The van der Waals surface area contributed by atoms with Crippen molar-refractivity contribution in [1.29, 1.82) is 5.26 Å². The number of amides is 5. The number of halogens is 3. The molecule has 4 rings (SSSR count). The normalized spacial score (nSPS) is 17.6. The van der Waals surface area contributed by atoms with E-state index < -0.39 is 51.8 Å². The molecule has 15 heteroatoms. The third-order valence-corrected chi connectivity index (χ3v) is 10.1. The van der Waals surface area contributed by atoms with Crippen molar-refractivity contribution in [3.63, 3.8) is 0 Å². The van der Waals surface area contributed by atoms with Gasteiger partial charge in [-0.1, -0.05) is 44.4 Å². The molecule has 0 radical (unpaired) electrons. The van der Waals surface area contributed by atoms with Gasteiger partial charge in [-0.3, -0.25) is 14.4 Å². The first kappa shape index (κ1) is 37.5. The van der Waals surface area contributed by atoms with Crippen molar-refractivity contribution < 1.29 is 32.3 Å². The van der Waals surface area contributed by atoms with Gasteiger partial charge in [0.05, 0.1) is 22.7 Å². The van der Waals surface area contributed by atoms with E-state index in [9.17, 15) is 19.2 Å². The molecule has 4 N–H and O–H groups in total. The summed E-state index contributed by atoms with van der Waals surface area (Å²) in [5.74, 6) is -7.58. The third kappa shape index (κ3) is 9.66. The molecule has 2 aromatic carbocycles. The topological polar surface area (TPSA) is 147 Å². The Balaban J connectivity index is 1.47. The minimum absolute atomic E-state index is 0.0233. The Hall–Kier alpha value is -4.29. The van der Waals surface area contributed by atoms with Crippen LogP contribution in [0.3, 0.4) is 0 Å². The molecule has 0 spiro atoms. The van der Waals surface area contributed by atoms with Crippen LogP contribution in [-0.4, -0.2) is 84.6 Å². The molecular weight excluding hydrogens is 659 g/mol. The number of nitrogens with one attached hydrogen (secondary N) is 4. The number of thioether (sulfide) groups is 1. The fraction of sp³-hybridized carbons (Fsp3) is 0.500. The van der Waals surface area contributed by atoms with Gasteiger partial charge in [0.1, 0.15) is 11.9 Å². The van der Waals surface area contributed by atoms with Gasteiger partial charge in [0, 0.05) is 44.7 Å². The molecule has 49 heavy (non-hydrogen) atoms. The number of anilines is 1. The van der Waals surface area contributed by atoms with E-state index in [1.165, 1.54) is 31.3 Å². The number of alkyl halides is 2. The molecule has 1 heterocycles. The molecule has 1 aliphatic heterocycles. The fourth-order valence-corrected chi connectivity index (χ4v) is 7.05. The first-order chi connectivity index (χ1) is 23.3. The maximum Gasteiger partial charge on any atom is 0.349 e. The summed E-state index contributed by atoms with van der Waals surface area (Å²) in [5.41, 5.74) is -0.441. The quantitative estimate of drug-likeness (QED) is 0.257. The lowest BCUT2D eigenvalue weighted by atomic mass is 9.89. The summed E-state index contributed by atoms with van der Waals surface area (Å²) >= 11 is 0.604. The maximum atomic E-state index is 15.5. The number of piperazine rings is 1. The van der Waals surface area contributed by atoms with Crippen LogP contribution < -0.4 is 21.3 Å². The largest absolute Gasteiger partial charge is 0.349 e. The van der Waals surface area contributed by atoms with Gasteiger partial charge in [0.2, 0.25) is 5.91 Å². The van der Waals surface area contributed by atoms with Crippen LogP contribution in [0.5, 0.6) is 0 Å². The second-order valence-corrected chi connectivity index (χ2v) is 13.6. The Morgan fingerprint density at radius 1 is 1.00 bits per heavy atom. The highest BCUT2D eigenvalue weighted by Gasteiger charge is 2.43. The second-order valence-electron chi connectivity index (χ2n) is 12.4. The molecular formula is C34H42F3N7O4S. The van der Waals surface area contributed by atoms with E-state index in [1.54, 1.807) is 24.0 Å². The van der Waals surface area contributed by atoms with E-state index in [1.807, 2.05) is 7.05 Å². The van der Waals surface area contributed by atoms with Crippen LogP contribution in [0.1, 0.15) is 61.6 Å². The number of rotatable bonds is 10. The van der Waals surface area contributed by atoms with Crippen molar-refractivity contribution in [2.75, 3.05) is 45.6 Å². The monoisotopic (exact) mass is 701 g/mol. The second kappa shape index (κ2) is 16.9. The molecule has 2 fully saturated rings. The van der Waals surface area contributed by atoms with Crippen molar-refractivity contribution in [2.45, 2.75) is 62.3 Å². The number of carbonyl (C=O) groups excluding carboxylic acids is 4. The number of hydrogen-bond donors (Lipinski definition) is 4. The summed E-state index contributed by atoms with van der Waals surface area (Å²) < 4.78 is 45.9. The molecule has 3 atom stereocenters. The lowest BCUT2D eigenvalue weighted by Crippen LogP contribution is -2.56. The van der Waals surface area contributed by atoms with E-state index in [0.29, 0.717) is 56.3 Å². The summed E-state index contributed by atoms with van der Waals surface area (Å²) in [7, 11) is 3.38. The van der Waals surface area contributed by atoms with Crippen molar-refractivity contribution in [2.24, 2.45) is 5.92 Å². The number of hydrogen-bond acceptors (Lipinski definition) is 7. The molecule has 11 nitrogen and oxygen atoms in total. The Bertz CT molecular complexity index is 1560. The summed E-state index contributed by atoms with van der Waals surface area (Å²) in [4.78, 5) is 55.6. The predicted octanol–water partition coefficient (Wildman–Crippen LogP) is 4.95. The molecule has 2 aromatic rings. The highest BCUT2D eigenvalue weighted by molar-refractivity contribution is 8.14. The molecule has 1 saturated heterocycles. The number of nitrogens with zero attached hydrogens (tertiary/aromatic N) is 3. The smallest absolute Gasteiger partial charge is 0.341 e. The number of benzene rings is 2. The number of carbonyl (C=O) groups is 4. The molecule has 0 bridgehead atoms. The number of nitriles is 1. The van der Waals surface area contributed by atoms with Crippen LogP contribution in [-0.2, 0) is 15.5 Å². The molecule has 0 aromatic heterocycles. The lowest BCUT2D eigenvalue weighted by Gasteiger charge is -2.36. The van der Waals surface area contributed by atoms with E-state index in [-0.39, 0.29) is 23.1 Å². The average Bonchev–Trinajstić information content (AvgIpc) is 3.11. The lowest BCUT2D eigenvalue weighted by molar-refractivity contribution is -0.147. The van der Waals surface area contributed by atoms with Crippen LogP contribution in [0.2, 0.25) is 0 Å². The predicted molar refractivity (Wildman–Crippen MR) is 180 cm³/mol. The van der Waals surface area contributed by atoms with Crippen molar-refractivity contribution >= 4 is 40.5 Å². The first-order valence-corrected chi connectivity index (χ1v) is 17.1. The highest BCUT2D eigenvalue weighted by atomic mass is 32.2. The zero-order valence-electron chi connectivity index (χ0n) is 27.7. The Morgan fingerprint density at radius 2 is 1.69 bits per heavy atom. The molecule has 1 aliphatic carbocycles. The Morgan fingerprint density at radius 3 is 2.33 bits per heavy atom. The summed E-state index contributed by atoms with van der Waals surface area (Å²) in [6.45, 7) is 4.02. The van der Waals surface area contributed by atoms with Gasteiger partial charge in [-0.2, -0.15) is 14.0 Å². The van der Waals surface area contributed by atoms with Gasteiger partial charge in [-0.25, -0.2) is 9.18 Å². The van der Waals surface area contributed by atoms with Gasteiger partial charge >= 0.3 is 12.0 Å². The fourth-order valence-electron chi connectivity index (χ4n) is 6.02. The van der Waals surface area contributed by atoms with Gasteiger partial charge in [0.15, 0.2) is 0 Å². The van der Waals surface area contributed by atoms with Crippen molar-refractivity contribution in [1.82, 2.24) is 25.8 Å². The number of urea groups is 1. The van der Waals surface area contributed by atoms with Crippen LogP contribution in [0.25, 0.3) is 0 Å². The van der Waals surface area contributed by atoms with E-state index in [0.717, 1.165) is 31.4 Å². The van der Waals surface area contributed by atoms with E-state index in [2.05, 4.69) is 26.2 Å². The zero-order valence-corrected chi connectivity index (χ0v) is 28.5. The van der Waals surface area contributed by atoms with Gasteiger partial charge < -0.3 is 31.1 Å². The Kier molecular flexibility index (Phi) is 12.9. The maximum absolute atomic E-state index is 15.5. The highest BCUT2D eigenvalue weighted by Crippen LogP contribution is 2.35. The standard InChI is InChI=1S/C34H42F3N7O4S/c1-21(28(41-32(47)39-2)30(45)44-16-14-43(3)15-17-44)24-12-13-27(26(35)19-24)40-33(48)49-29(23-9-5-4-6-10-23)42-31(46)34(36,37)25-11-7-8-22(18-25)20-38/h7-8,11-13,18-19,21,23,28-29H,4-6,9-10,14-17H2,1-3H3,(H,40,48)(H,42,46)(H2,39,41,47)/t21-,28+,29?/m0/s1. The third-order valence-electron chi connectivity index (χ3n) is 9.08. The average molecular weight is 702 g/mol. The summed E-state index contributed by atoms with van der Waals surface area (Å²) in [6.07, 6.45) is 3.78. The van der Waals surface area contributed by atoms with E-state index >= 15 is 13.2 Å². The number of likely N-dealkylation sites (N-methyl/N-ethyl adjacent to an activating group) is 1. The SMILES string of the molecule is CNC(=O)N[C@@H](C(=O)N1CCN(C)CC1)[C@@H](C)c1ccc(NC(=O)SC(NC(=O)C(F)(F)c2cccc(C#N)c2)C2CCCCC2)c(F)c1. The van der Waals surface area contributed by atoms with Crippen LogP contribution in [0.4, 0.5) is 28.4 Å². The van der Waals surface area contributed by atoms with Crippen molar-refractivity contribution in [3.05, 3.63) is 65.0 Å². The molecule has 264 valence electrons. The Labute approximate surface area is 288 Å². The van der Waals surface area contributed by atoms with Crippen LogP contribution in [0, 0.1) is 23.1 Å². The molecule has 2 aliphatic rings. The van der Waals surface area contributed by atoms with E-state index in [4.69, 9.17) is 5.26 Å². The van der Waals surface area contributed by atoms with Crippen LogP contribution in [0.15, 0.2) is 42.5 Å². The molecule has 1 saturated carbocycles. The van der Waals surface area contributed by atoms with Gasteiger partial charge in [-0.05, 0) is 67.4 Å². The van der Waals surface area contributed by atoms with Crippen molar-refractivity contribution in [3.8, 4) is 6.07 Å². The molecule has 5 amide bonds. The molecule has 1 unspecified atom stereocenters. The summed E-state index contributed by atoms with van der Waals surface area (Å²) in [6, 6.07) is 8.90. The van der Waals surface area contributed by atoms with Gasteiger partial charge in [0.25, 0.3) is 11.1 Å². The zero-order chi connectivity index (χ0) is 35.7. The minimum atomic E-state index is -3.97. The van der Waals surface area contributed by atoms with Gasteiger partial charge in [-0.15, -0.1) is 0 Å². The summed E-state index contributed by atoms with van der Waals surface area (Å²) in [5, 5.41) is 17.3. The van der Waals surface area contributed by atoms with Crippen LogP contribution >= 0.6 is 11.8 Å².